The molecule has 1 N–H and O–H groups in total. The molecule has 1 atom stereocenters. The predicted octanol–water partition coefficient (Wildman–Crippen LogP) is 4.86. The number of aryl methyl sites for hydroxylation is 1. The lowest BCUT2D eigenvalue weighted by Crippen LogP contribution is -2.35. The Balaban J connectivity index is 1.79. The van der Waals surface area contributed by atoms with E-state index in [0.717, 1.165) is 16.8 Å². The van der Waals surface area contributed by atoms with Crippen LogP contribution in [0.2, 0.25) is 10.0 Å². The number of carbonyl (C=O) groups excluding carboxylic acids is 1. The molecular weight excluding hydrogens is 335 g/mol. The standard InChI is InChI=1S/C17H16Cl2N2O2/c1-11-4-2-3-5-15(11)20-17(22)21-8-9-23-16(21)12-6-7-13(18)14(19)10-12/h2-7,10,16H,8-9H2,1H3,(H,20,22). The fourth-order valence-electron chi connectivity index (χ4n) is 2.52. The third-order valence-electron chi connectivity index (χ3n) is 3.77. The van der Waals surface area contributed by atoms with E-state index < -0.39 is 6.23 Å². The van der Waals surface area contributed by atoms with Crippen molar-refractivity contribution in [3.05, 3.63) is 63.6 Å². The van der Waals surface area contributed by atoms with Gasteiger partial charge in [-0.15, -0.1) is 0 Å². The molecule has 0 aromatic heterocycles. The smallest absolute Gasteiger partial charge is 0.324 e. The van der Waals surface area contributed by atoms with Crippen LogP contribution < -0.4 is 5.32 Å². The molecular formula is C17H16Cl2N2O2. The minimum atomic E-state index is -0.464. The second-order valence-electron chi connectivity index (χ2n) is 5.34. The molecule has 1 fully saturated rings. The van der Waals surface area contributed by atoms with E-state index in [9.17, 15) is 4.79 Å². The Morgan fingerprint density at radius 1 is 1.22 bits per heavy atom. The highest BCUT2D eigenvalue weighted by atomic mass is 35.5. The summed E-state index contributed by atoms with van der Waals surface area (Å²) in [5.41, 5.74) is 2.60. The van der Waals surface area contributed by atoms with Gasteiger partial charge in [0.05, 0.1) is 16.7 Å². The average Bonchev–Trinajstić information content (AvgIpc) is 3.02. The zero-order valence-electron chi connectivity index (χ0n) is 12.6. The average molecular weight is 351 g/mol. The zero-order chi connectivity index (χ0) is 16.4. The number of nitrogens with one attached hydrogen (secondary N) is 1. The van der Waals surface area contributed by atoms with Gasteiger partial charge in [-0.25, -0.2) is 4.79 Å². The summed E-state index contributed by atoms with van der Waals surface area (Å²) in [7, 11) is 0. The van der Waals surface area contributed by atoms with E-state index in [1.165, 1.54) is 0 Å². The lowest BCUT2D eigenvalue weighted by Gasteiger charge is -2.24. The van der Waals surface area contributed by atoms with Gasteiger partial charge in [0, 0.05) is 17.8 Å². The van der Waals surface area contributed by atoms with Gasteiger partial charge in [-0.3, -0.25) is 4.90 Å². The van der Waals surface area contributed by atoms with Crippen LogP contribution in [0.25, 0.3) is 0 Å². The Hall–Kier alpha value is -1.75. The molecule has 4 nitrogen and oxygen atoms in total. The topological polar surface area (TPSA) is 41.6 Å². The number of ether oxygens (including phenoxy) is 1. The lowest BCUT2D eigenvalue weighted by atomic mass is 10.2. The molecule has 120 valence electrons. The molecule has 0 bridgehead atoms. The quantitative estimate of drug-likeness (QED) is 0.839. The van der Waals surface area contributed by atoms with Crippen molar-refractivity contribution in [2.24, 2.45) is 0 Å². The maximum atomic E-state index is 12.6. The number of para-hydroxylation sites is 1. The van der Waals surface area contributed by atoms with E-state index in [1.54, 1.807) is 17.0 Å². The SMILES string of the molecule is Cc1ccccc1NC(=O)N1CCOC1c1ccc(Cl)c(Cl)c1. The molecule has 23 heavy (non-hydrogen) atoms. The fraction of sp³-hybridized carbons (Fsp3) is 0.235. The molecule has 0 aliphatic carbocycles. The Morgan fingerprint density at radius 3 is 2.74 bits per heavy atom. The molecule has 1 unspecified atom stereocenters. The van der Waals surface area contributed by atoms with Gasteiger partial charge in [0.25, 0.3) is 0 Å². The largest absolute Gasteiger partial charge is 0.352 e. The number of carbonyl (C=O) groups is 1. The summed E-state index contributed by atoms with van der Waals surface area (Å²) in [4.78, 5) is 14.2. The molecule has 2 amide bonds. The number of hydrogen-bond acceptors (Lipinski definition) is 2. The van der Waals surface area contributed by atoms with Crippen molar-refractivity contribution in [1.82, 2.24) is 4.90 Å². The van der Waals surface area contributed by atoms with Crippen LogP contribution in [-0.2, 0) is 4.74 Å². The number of amides is 2. The highest BCUT2D eigenvalue weighted by molar-refractivity contribution is 6.42. The van der Waals surface area contributed by atoms with Crippen molar-refractivity contribution in [3.8, 4) is 0 Å². The van der Waals surface area contributed by atoms with Crippen LogP contribution in [0.4, 0.5) is 10.5 Å². The van der Waals surface area contributed by atoms with Gasteiger partial charge in [0.2, 0.25) is 0 Å². The van der Waals surface area contributed by atoms with Crippen LogP contribution in [0, 0.1) is 6.92 Å². The van der Waals surface area contributed by atoms with Crippen LogP contribution in [0.1, 0.15) is 17.4 Å². The maximum absolute atomic E-state index is 12.6. The summed E-state index contributed by atoms with van der Waals surface area (Å²) in [6, 6.07) is 12.7. The van der Waals surface area contributed by atoms with Crippen molar-refractivity contribution in [2.75, 3.05) is 18.5 Å². The summed E-state index contributed by atoms with van der Waals surface area (Å²) in [5.74, 6) is 0. The first-order valence-corrected chi connectivity index (χ1v) is 8.01. The van der Waals surface area contributed by atoms with Gasteiger partial charge in [-0.2, -0.15) is 0 Å². The molecule has 0 saturated carbocycles. The van der Waals surface area contributed by atoms with Gasteiger partial charge in [-0.1, -0.05) is 47.5 Å². The minimum Gasteiger partial charge on any atom is -0.352 e. The van der Waals surface area contributed by atoms with E-state index >= 15 is 0 Å². The lowest BCUT2D eigenvalue weighted by molar-refractivity contribution is 0.0522. The second-order valence-corrected chi connectivity index (χ2v) is 6.15. The number of nitrogens with zero attached hydrogens (tertiary/aromatic N) is 1. The Labute approximate surface area is 144 Å². The van der Waals surface area contributed by atoms with Crippen molar-refractivity contribution in [2.45, 2.75) is 13.2 Å². The molecule has 0 spiro atoms. The highest BCUT2D eigenvalue weighted by Crippen LogP contribution is 2.32. The molecule has 1 heterocycles. The van der Waals surface area contributed by atoms with Crippen molar-refractivity contribution >= 4 is 34.9 Å². The normalized spacial score (nSPS) is 17.3. The van der Waals surface area contributed by atoms with Crippen LogP contribution >= 0.6 is 23.2 Å². The van der Waals surface area contributed by atoms with E-state index in [2.05, 4.69) is 5.32 Å². The van der Waals surface area contributed by atoms with Gasteiger partial charge < -0.3 is 10.1 Å². The number of rotatable bonds is 2. The van der Waals surface area contributed by atoms with Crippen molar-refractivity contribution < 1.29 is 9.53 Å². The van der Waals surface area contributed by atoms with Gasteiger partial charge in [-0.05, 0) is 30.7 Å². The predicted molar refractivity (Wildman–Crippen MR) is 92.1 cm³/mol. The molecule has 1 aliphatic heterocycles. The molecule has 6 heteroatoms. The van der Waals surface area contributed by atoms with Crippen LogP contribution in [0.15, 0.2) is 42.5 Å². The van der Waals surface area contributed by atoms with Crippen LogP contribution in [0.5, 0.6) is 0 Å². The van der Waals surface area contributed by atoms with Crippen LogP contribution in [0.3, 0.4) is 0 Å². The van der Waals surface area contributed by atoms with Gasteiger partial charge in [0.1, 0.15) is 0 Å². The second kappa shape index (κ2) is 6.79. The highest BCUT2D eigenvalue weighted by Gasteiger charge is 2.31. The fourth-order valence-corrected chi connectivity index (χ4v) is 2.83. The van der Waals surface area contributed by atoms with Crippen molar-refractivity contribution in [1.29, 1.82) is 0 Å². The van der Waals surface area contributed by atoms with E-state index in [1.807, 2.05) is 37.3 Å². The van der Waals surface area contributed by atoms with E-state index in [4.69, 9.17) is 27.9 Å². The number of benzene rings is 2. The molecule has 1 saturated heterocycles. The summed E-state index contributed by atoms with van der Waals surface area (Å²) >= 11 is 12.0. The third-order valence-corrected chi connectivity index (χ3v) is 4.51. The van der Waals surface area contributed by atoms with Crippen LogP contribution in [-0.4, -0.2) is 24.1 Å². The summed E-state index contributed by atoms with van der Waals surface area (Å²) in [6.45, 7) is 2.95. The molecule has 2 aromatic rings. The van der Waals surface area contributed by atoms with E-state index in [-0.39, 0.29) is 6.03 Å². The molecule has 2 aromatic carbocycles. The number of halogens is 2. The first-order chi connectivity index (χ1) is 11.1. The number of hydrogen-bond donors (Lipinski definition) is 1. The number of anilines is 1. The Bertz CT molecular complexity index is 736. The number of urea groups is 1. The van der Waals surface area contributed by atoms with Gasteiger partial charge >= 0.3 is 6.03 Å². The monoisotopic (exact) mass is 350 g/mol. The maximum Gasteiger partial charge on any atom is 0.324 e. The van der Waals surface area contributed by atoms with Crippen molar-refractivity contribution in [3.63, 3.8) is 0 Å². The third kappa shape index (κ3) is 3.44. The summed E-state index contributed by atoms with van der Waals surface area (Å²) in [5, 5.41) is 3.85. The minimum absolute atomic E-state index is 0.201. The summed E-state index contributed by atoms with van der Waals surface area (Å²) < 4.78 is 5.70. The van der Waals surface area contributed by atoms with E-state index in [0.29, 0.717) is 23.2 Å². The summed E-state index contributed by atoms with van der Waals surface area (Å²) in [6.07, 6.45) is -0.464. The molecule has 3 rings (SSSR count). The first-order valence-electron chi connectivity index (χ1n) is 7.26. The zero-order valence-corrected chi connectivity index (χ0v) is 14.1. The van der Waals surface area contributed by atoms with Gasteiger partial charge in [0.15, 0.2) is 6.23 Å². The first kappa shape index (κ1) is 16.1. The Morgan fingerprint density at radius 2 is 2.00 bits per heavy atom. The Kier molecular flexibility index (Phi) is 4.76. The molecule has 1 aliphatic rings. The molecule has 0 radical (unpaired) electrons.